The van der Waals surface area contributed by atoms with Crippen molar-refractivity contribution in [2.75, 3.05) is 5.32 Å². The first-order valence-electron chi connectivity index (χ1n) is 4.04. The van der Waals surface area contributed by atoms with Crippen LogP contribution < -0.4 is 5.32 Å². The number of anilines is 1. The highest BCUT2D eigenvalue weighted by atomic mass is 16.1. The number of nitrogens with zero attached hydrogens (tertiary/aromatic N) is 1. The van der Waals surface area contributed by atoms with Gasteiger partial charge in [-0.15, -0.1) is 0 Å². The zero-order valence-electron chi connectivity index (χ0n) is 7.35. The zero-order chi connectivity index (χ0) is 8.97. The van der Waals surface area contributed by atoms with Gasteiger partial charge in [-0.1, -0.05) is 13.3 Å². The van der Waals surface area contributed by atoms with Gasteiger partial charge in [0.05, 0.1) is 0 Å². The maximum absolute atomic E-state index is 10.6. The lowest BCUT2D eigenvalue weighted by molar-refractivity contribution is -0.114. The second-order valence-corrected chi connectivity index (χ2v) is 2.71. The summed E-state index contributed by atoms with van der Waals surface area (Å²) < 4.78 is 0. The van der Waals surface area contributed by atoms with Crippen molar-refractivity contribution in [1.82, 2.24) is 10.2 Å². The SMILES string of the molecule is CCCc1cc(NC(C)=O)n[nH]1. The van der Waals surface area contributed by atoms with E-state index in [-0.39, 0.29) is 5.91 Å². The van der Waals surface area contributed by atoms with Crippen LogP contribution in [0.5, 0.6) is 0 Å². The van der Waals surface area contributed by atoms with E-state index >= 15 is 0 Å². The van der Waals surface area contributed by atoms with Gasteiger partial charge in [-0.3, -0.25) is 9.89 Å². The summed E-state index contributed by atoms with van der Waals surface area (Å²) in [7, 11) is 0. The minimum absolute atomic E-state index is 0.0930. The largest absolute Gasteiger partial charge is 0.309 e. The number of aryl methyl sites for hydroxylation is 1. The van der Waals surface area contributed by atoms with Crippen LogP contribution in [0.2, 0.25) is 0 Å². The smallest absolute Gasteiger partial charge is 0.222 e. The number of aromatic amines is 1. The zero-order valence-corrected chi connectivity index (χ0v) is 7.35. The van der Waals surface area contributed by atoms with Gasteiger partial charge < -0.3 is 5.32 Å². The van der Waals surface area contributed by atoms with Crippen LogP contribution >= 0.6 is 0 Å². The Morgan fingerprint density at radius 3 is 3.08 bits per heavy atom. The minimum Gasteiger partial charge on any atom is -0.309 e. The number of carbonyl (C=O) groups excluding carboxylic acids is 1. The Hall–Kier alpha value is -1.32. The van der Waals surface area contributed by atoms with E-state index in [9.17, 15) is 4.79 Å². The Kier molecular flexibility index (Phi) is 2.85. The van der Waals surface area contributed by atoms with Gasteiger partial charge >= 0.3 is 0 Å². The van der Waals surface area contributed by atoms with Gasteiger partial charge in [0.1, 0.15) is 0 Å². The Morgan fingerprint density at radius 2 is 2.50 bits per heavy atom. The van der Waals surface area contributed by atoms with Crippen molar-refractivity contribution in [2.24, 2.45) is 0 Å². The van der Waals surface area contributed by atoms with Crippen molar-refractivity contribution in [3.63, 3.8) is 0 Å². The molecule has 4 nitrogen and oxygen atoms in total. The first-order chi connectivity index (χ1) is 5.72. The van der Waals surface area contributed by atoms with E-state index in [1.807, 2.05) is 6.07 Å². The van der Waals surface area contributed by atoms with E-state index in [4.69, 9.17) is 0 Å². The molecule has 1 rings (SSSR count). The van der Waals surface area contributed by atoms with E-state index in [2.05, 4.69) is 22.4 Å². The van der Waals surface area contributed by atoms with Crippen molar-refractivity contribution >= 4 is 11.7 Å². The van der Waals surface area contributed by atoms with Gasteiger partial charge in [0, 0.05) is 18.7 Å². The molecule has 0 spiro atoms. The summed E-state index contributed by atoms with van der Waals surface area (Å²) in [4.78, 5) is 10.6. The maximum Gasteiger partial charge on any atom is 0.222 e. The summed E-state index contributed by atoms with van der Waals surface area (Å²) in [6.45, 7) is 3.56. The molecular formula is C8H13N3O. The van der Waals surface area contributed by atoms with Crippen LogP contribution in [0.4, 0.5) is 5.82 Å². The van der Waals surface area contributed by atoms with Crippen LogP contribution in [-0.2, 0) is 11.2 Å². The number of carbonyl (C=O) groups is 1. The maximum atomic E-state index is 10.6. The molecule has 0 aliphatic rings. The van der Waals surface area contributed by atoms with Crippen molar-refractivity contribution in [2.45, 2.75) is 26.7 Å². The number of amides is 1. The molecule has 1 aromatic heterocycles. The minimum atomic E-state index is -0.0930. The molecule has 0 saturated carbocycles. The highest BCUT2D eigenvalue weighted by molar-refractivity contribution is 5.87. The Bertz CT molecular complexity index is 267. The van der Waals surface area contributed by atoms with E-state index in [1.54, 1.807) is 0 Å². The molecule has 0 fully saturated rings. The number of aromatic nitrogens is 2. The van der Waals surface area contributed by atoms with Crippen LogP contribution in [-0.4, -0.2) is 16.1 Å². The summed E-state index contributed by atoms with van der Waals surface area (Å²) >= 11 is 0. The monoisotopic (exact) mass is 167 g/mol. The molecule has 0 aliphatic carbocycles. The van der Waals surface area contributed by atoms with Crippen LogP contribution in [0.1, 0.15) is 26.0 Å². The molecule has 0 unspecified atom stereocenters. The normalized spacial score (nSPS) is 9.83. The molecule has 66 valence electrons. The molecule has 0 aliphatic heterocycles. The molecule has 4 heteroatoms. The Morgan fingerprint density at radius 1 is 1.75 bits per heavy atom. The van der Waals surface area contributed by atoms with Crippen LogP contribution in [0, 0.1) is 0 Å². The molecule has 12 heavy (non-hydrogen) atoms. The third kappa shape index (κ3) is 2.38. The number of rotatable bonds is 3. The third-order valence-electron chi connectivity index (χ3n) is 1.45. The highest BCUT2D eigenvalue weighted by Crippen LogP contribution is 2.06. The summed E-state index contributed by atoms with van der Waals surface area (Å²) in [6, 6.07) is 1.85. The summed E-state index contributed by atoms with van der Waals surface area (Å²) in [6.07, 6.45) is 2.04. The molecule has 2 N–H and O–H groups in total. The number of H-pyrrole nitrogens is 1. The second-order valence-electron chi connectivity index (χ2n) is 2.71. The average Bonchev–Trinajstić information content (AvgIpc) is 2.36. The first-order valence-corrected chi connectivity index (χ1v) is 4.04. The molecule has 0 radical (unpaired) electrons. The van der Waals surface area contributed by atoms with Crippen LogP contribution in [0.3, 0.4) is 0 Å². The second kappa shape index (κ2) is 3.90. The van der Waals surface area contributed by atoms with Crippen LogP contribution in [0.25, 0.3) is 0 Å². The van der Waals surface area contributed by atoms with Gasteiger partial charge in [-0.25, -0.2) is 0 Å². The summed E-state index contributed by atoms with van der Waals surface area (Å²) in [5.41, 5.74) is 1.06. The van der Waals surface area contributed by atoms with E-state index in [0.717, 1.165) is 18.5 Å². The topological polar surface area (TPSA) is 57.8 Å². The molecule has 0 aromatic carbocycles. The highest BCUT2D eigenvalue weighted by Gasteiger charge is 2.00. The van der Waals surface area contributed by atoms with Gasteiger partial charge in [0.2, 0.25) is 5.91 Å². The average molecular weight is 167 g/mol. The van der Waals surface area contributed by atoms with Crippen LogP contribution in [0.15, 0.2) is 6.07 Å². The number of hydrogen-bond donors (Lipinski definition) is 2. The fourth-order valence-corrected chi connectivity index (χ4v) is 1.00. The molecule has 0 saturated heterocycles. The summed E-state index contributed by atoms with van der Waals surface area (Å²) in [5.74, 6) is 0.510. The lowest BCUT2D eigenvalue weighted by Gasteiger charge is -1.92. The first kappa shape index (κ1) is 8.77. The number of hydrogen-bond acceptors (Lipinski definition) is 2. The van der Waals surface area contributed by atoms with Gasteiger partial charge in [0.15, 0.2) is 5.82 Å². The quantitative estimate of drug-likeness (QED) is 0.713. The molecule has 1 heterocycles. The van der Waals surface area contributed by atoms with Crippen molar-refractivity contribution < 1.29 is 4.79 Å². The predicted octanol–water partition coefficient (Wildman–Crippen LogP) is 1.32. The van der Waals surface area contributed by atoms with E-state index in [0.29, 0.717) is 5.82 Å². The summed E-state index contributed by atoms with van der Waals surface area (Å²) in [5, 5.41) is 9.37. The standard InChI is InChI=1S/C8H13N3O/c1-3-4-7-5-8(11-10-7)9-6(2)12/h5H,3-4H2,1-2H3,(H2,9,10,11,12). The molecular weight excluding hydrogens is 154 g/mol. The van der Waals surface area contributed by atoms with E-state index < -0.39 is 0 Å². The fraction of sp³-hybridized carbons (Fsp3) is 0.500. The number of nitrogens with one attached hydrogen (secondary N) is 2. The molecule has 1 amide bonds. The molecule has 0 bridgehead atoms. The van der Waals surface area contributed by atoms with Gasteiger partial charge in [-0.2, -0.15) is 5.10 Å². The Labute approximate surface area is 71.4 Å². The van der Waals surface area contributed by atoms with Gasteiger partial charge in [0.25, 0.3) is 0 Å². The predicted molar refractivity (Wildman–Crippen MR) is 46.9 cm³/mol. The van der Waals surface area contributed by atoms with Gasteiger partial charge in [-0.05, 0) is 6.42 Å². The lowest BCUT2D eigenvalue weighted by Crippen LogP contribution is -2.05. The Balaban J connectivity index is 2.58. The third-order valence-corrected chi connectivity index (χ3v) is 1.45. The molecule has 1 aromatic rings. The van der Waals surface area contributed by atoms with E-state index in [1.165, 1.54) is 6.92 Å². The van der Waals surface area contributed by atoms with Crippen molar-refractivity contribution in [3.05, 3.63) is 11.8 Å². The van der Waals surface area contributed by atoms with Crippen molar-refractivity contribution in [1.29, 1.82) is 0 Å². The fourth-order valence-electron chi connectivity index (χ4n) is 1.00. The lowest BCUT2D eigenvalue weighted by atomic mass is 10.2. The molecule has 0 atom stereocenters. The van der Waals surface area contributed by atoms with Crippen molar-refractivity contribution in [3.8, 4) is 0 Å².